The van der Waals surface area contributed by atoms with Crippen molar-refractivity contribution in [2.45, 2.75) is 44.6 Å². The molecule has 0 radical (unpaired) electrons. The Labute approximate surface area is 203 Å². The van der Waals surface area contributed by atoms with Crippen LogP contribution in [0.1, 0.15) is 48.1 Å². The van der Waals surface area contributed by atoms with Crippen molar-refractivity contribution in [2.24, 2.45) is 21.2 Å². The summed E-state index contributed by atoms with van der Waals surface area (Å²) in [6.45, 7) is 5.04. The van der Waals surface area contributed by atoms with Crippen LogP contribution < -0.4 is 15.9 Å². The Morgan fingerprint density at radius 1 is 1.38 bits per heavy atom. The van der Waals surface area contributed by atoms with Gasteiger partial charge in [0.1, 0.15) is 5.82 Å². The number of hydrazone groups is 1. The van der Waals surface area contributed by atoms with Gasteiger partial charge in [0.2, 0.25) is 17.6 Å². The van der Waals surface area contributed by atoms with Crippen molar-refractivity contribution in [3.8, 4) is 5.88 Å². The number of methoxy groups -OCH3 is 1. The number of amidine groups is 1. The van der Waals surface area contributed by atoms with E-state index in [1.54, 1.807) is 20.2 Å². The molecule has 10 nitrogen and oxygen atoms in total. The second-order valence-corrected chi connectivity index (χ2v) is 9.17. The van der Waals surface area contributed by atoms with Gasteiger partial charge in [0, 0.05) is 38.0 Å². The predicted octanol–water partition coefficient (Wildman–Crippen LogP) is 3.28. The lowest BCUT2D eigenvalue weighted by molar-refractivity contribution is -0.131. The molecule has 0 aliphatic carbocycles. The van der Waals surface area contributed by atoms with E-state index in [0.717, 1.165) is 41.9 Å². The minimum absolute atomic E-state index is 0.0350. The first-order chi connectivity index (χ1) is 16.3. The van der Waals surface area contributed by atoms with Crippen molar-refractivity contribution in [3.05, 3.63) is 45.7 Å². The van der Waals surface area contributed by atoms with Crippen molar-refractivity contribution in [1.29, 1.82) is 0 Å². The Kier molecular flexibility index (Phi) is 6.70. The zero-order chi connectivity index (χ0) is 24.5. The molecular weight excluding hydrogens is 456 g/mol. The molecule has 1 unspecified atom stereocenters. The number of aryl methyl sites for hydroxylation is 2. The van der Waals surface area contributed by atoms with Gasteiger partial charge in [0.05, 0.1) is 29.3 Å². The maximum Gasteiger partial charge on any atom is 0.229 e. The van der Waals surface area contributed by atoms with Crippen molar-refractivity contribution >= 4 is 29.2 Å². The number of halogens is 1. The molecule has 3 N–H and O–H groups in total. The number of ether oxygens (including phenoxy) is 1. The van der Waals surface area contributed by atoms with Crippen LogP contribution in [-0.4, -0.2) is 59.4 Å². The lowest BCUT2D eigenvalue weighted by Gasteiger charge is -2.36. The third-order valence-electron chi connectivity index (χ3n) is 6.68. The minimum atomic E-state index is -0.403. The number of nitrogens with two attached hydrogens (primary N) is 1. The average molecular weight is 485 g/mol. The van der Waals surface area contributed by atoms with Gasteiger partial charge in [-0.2, -0.15) is 10.2 Å². The number of amides is 1. The van der Waals surface area contributed by atoms with E-state index in [0.29, 0.717) is 35.4 Å². The standard InChI is InChI=1S/C23H29ClN8O2/c1-13(16-10-19(34-4)27-11-18(16)24)22(33)32-8-7-23(12-32)6-5-15-9-17(21(30-25)31-26-3)14(2)28-20(15)29-23/h9-11,13H,5-8,12,25H2,1-4H3,(H,28,29)/t13-,23?/m1/s1. The fourth-order valence-corrected chi connectivity index (χ4v) is 5.02. The van der Waals surface area contributed by atoms with E-state index in [4.69, 9.17) is 27.2 Å². The van der Waals surface area contributed by atoms with Gasteiger partial charge in [-0.3, -0.25) is 4.79 Å². The van der Waals surface area contributed by atoms with Gasteiger partial charge in [-0.25, -0.2) is 9.97 Å². The number of aromatic nitrogens is 2. The number of hydrogen-bond donors (Lipinski definition) is 2. The number of anilines is 1. The number of hydrogen-bond acceptors (Lipinski definition) is 8. The van der Waals surface area contributed by atoms with Crippen molar-refractivity contribution in [1.82, 2.24) is 14.9 Å². The van der Waals surface area contributed by atoms with E-state index < -0.39 is 5.92 Å². The molecule has 4 heterocycles. The maximum atomic E-state index is 13.4. The molecule has 180 valence electrons. The SMILES string of the molecule is CN=NC(=NN)c1cc2c(nc1C)NC1(CC2)CCN(C(=O)[C@H](C)c2cc(OC)ncc2Cl)C1. The molecular formula is C23H29ClN8O2. The number of likely N-dealkylation sites (tertiary alicyclic amines) is 1. The first kappa shape index (κ1) is 23.9. The molecule has 1 saturated heterocycles. The van der Waals surface area contributed by atoms with Crippen LogP contribution in [0.25, 0.3) is 0 Å². The summed E-state index contributed by atoms with van der Waals surface area (Å²) >= 11 is 6.34. The van der Waals surface area contributed by atoms with Gasteiger partial charge < -0.3 is 20.8 Å². The van der Waals surface area contributed by atoms with E-state index in [2.05, 4.69) is 25.6 Å². The fourth-order valence-electron chi connectivity index (χ4n) is 4.75. The molecule has 1 amide bonds. The zero-order valence-electron chi connectivity index (χ0n) is 19.8. The lowest BCUT2D eigenvalue weighted by Crippen LogP contribution is -2.46. The van der Waals surface area contributed by atoms with Crippen LogP contribution in [0.5, 0.6) is 5.88 Å². The second kappa shape index (κ2) is 9.54. The van der Waals surface area contributed by atoms with Crippen LogP contribution in [0.2, 0.25) is 5.02 Å². The molecule has 0 bridgehead atoms. The Bertz CT molecular complexity index is 1170. The molecule has 4 rings (SSSR count). The van der Waals surface area contributed by atoms with Crippen LogP contribution in [0.4, 0.5) is 5.82 Å². The van der Waals surface area contributed by atoms with Crippen LogP contribution in [0.15, 0.2) is 33.7 Å². The third-order valence-corrected chi connectivity index (χ3v) is 6.99. The van der Waals surface area contributed by atoms with Gasteiger partial charge >= 0.3 is 0 Å². The molecule has 2 atom stereocenters. The summed E-state index contributed by atoms with van der Waals surface area (Å²) in [4.78, 5) is 24.1. The maximum absolute atomic E-state index is 13.4. The number of fused-ring (bicyclic) bond motifs is 1. The number of nitrogens with one attached hydrogen (secondary N) is 1. The normalized spacial score (nSPS) is 21.0. The van der Waals surface area contributed by atoms with Gasteiger partial charge in [0.15, 0.2) is 0 Å². The highest BCUT2D eigenvalue weighted by molar-refractivity contribution is 6.31. The number of carbonyl (C=O) groups is 1. The number of rotatable bonds is 4. The molecule has 2 aromatic rings. The number of pyridine rings is 2. The number of carbonyl (C=O) groups excluding carboxylic acids is 1. The molecule has 0 saturated carbocycles. The van der Waals surface area contributed by atoms with Crippen molar-refractivity contribution in [2.75, 3.05) is 32.6 Å². The van der Waals surface area contributed by atoms with E-state index >= 15 is 0 Å². The van der Waals surface area contributed by atoms with E-state index in [9.17, 15) is 4.79 Å². The summed E-state index contributed by atoms with van der Waals surface area (Å²) in [7, 11) is 3.12. The van der Waals surface area contributed by atoms with E-state index in [-0.39, 0.29) is 11.4 Å². The molecule has 1 fully saturated rings. The van der Waals surface area contributed by atoms with Crippen molar-refractivity contribution in [3.63, 3.8) is 0 Å². The Hall–Kier alpha value is -3.27. The minimum Gasteiger partial charge on any atom is -0.481 e. The van der Waals surface area contributed by atoms with Crippen LogP contribution in [-0.2, 0) is 11.2 Å². The van der Waals surface area contributed by atoms with E-state index in [1.807, 2.05) is 24.8 Å². The summed E-state index contributed by atoms with van der Waals surface area (Å²) in [5, 5.41) is 15.6. The molecule has 2 aliphatic rings. The quantitative estimate of drug-likeness (QED) is 0.225. The smallest absolute Gasteiger partial charge is 0.229 e. The summed E-state index contributed by atoms with van der Waals surface area (Å²) in [6.07, 6.45) is 4.08. The van der Waals surface area contributed by atoms with Gasteiger partial charge in [-0.1, -0.05) is 11.6 Å². The molecule has 34 heavy (non-hydrogen) atoms. The largest absolute Gasteiger partial charge is 0.481 e. The van der Waals surface area contributed by atoms with Crippen LogP contribution in [0, 0.1) is 6.92 Å². The highest BCUT2D eigenvalue weighted by atomic mass is 35.5. The summed E-state index contributed by atoms with van der Waals surface area (Å²) < 4.78 is 5.20. The highest BCUT2D eigenvalue weighted by Crippen LogP contribution is 2.38. The first-order valence-electron chi connectivity index (χ1n) is 11.2. The Balaban J connectivity index is 1.52. The molecule has 2 aliphatic heterocycles. The third kappa shape index (κ3) is 4.42. The summed E-state index contributed by atoms with van der Waals surface area (Å²) in [5.74, 6) is 6.76. The summed E-state index contributed by atoms with van der Waals surface area (Å²) in [6, 6.07) is 3.75. The fraction of sp³-hybridized carbons (Fsp3) is 0.478. The van der Waals surface area contributed by atoms with E-state index in [1.165, 1.54) is 6.20 Å². The summed E-state index contributed by atoms with van der Waals surface area (Å²) in [5.41, 5.74) is 3.11. The van der Waals surface area contributed by atoms with Gasteiger partial charge in [0.25, 0.3) is 0 Å². The van der Waals surface area contributed by atoms with Crippen LogP contribution >= 0.6 is 11.6 Å². The zero-order valence-corrected chi connectivity index (χ0v) is 20.6. The van der Waals surface area contributed by atoms with Gasteiger partial charge in [-0.15, -0.1) is 5.11 Å². The number of azo groups is 1. The highest BCUT2D eigenvalue weighted by Gasteiger charge is 2.43. The Morgan fingerprint density at radius 2 is 2.18 bits per heavy atom. The number of nitrogens with zero attached hydrogens (tertiary/aromatic N) is 6. The molecule has 0 aromatic carbocycles. The predicted molar refractivity (Wildman–Crippen MR) is 131 cm³/mol. The first-order valence-corrected chi connectivity index (χ1v) is 11.5. The van der Waals surface area contributed by atoms with Gasteiger partial charge in [-0.05, 0) is 50.3 Å². The van der Waals surface area contributed by atoms with Crippen LogP contribution in [0.3, 0.4) is 0 Å². The second-order valence-electron chi connectivity index (χ2n) is 8.77. The topological polar surface area (TPSA) is 130 Å². The monoisotopic (exact) mass is 484 g/mol. The average Bonchev–Trinajstić information content (AvgIpc) is 3.24. The molecule has 1 spiro atoms. The van der Waals surface area contributed by atoms with Crippen molar-refractivity contribution < 1.29 is 9.53 Å². The molecule has 11 heteroatoms. The lowest BCUT2D eigenvalue weighted by atomic mass is 9.86. The Morgan fingerprint density at radius 3 is 2.88 bits per heavy atom. The molecule has 2 aromatic heterocycles.